The molecule has 0 aromatic rings. The van der Waals surface area contributed by atoms with Gasteiger partial charge in [0.05, 0.1) is 0 Å². The zero-order chi connectivity index (χ0) is 10.3. The lowest BCUT2D eigenvalue weighted by Crippen LogP contribution is -2.41. The Hall–Kier alpha value is 0. The molecule has 0 radical (unpaired) electrons. The van der Waals surface area contributed by atoms with E-state index in [1.165, 1.54) is 0 Å². The van der Waals surface area contributed by atoms with Crippen LogP contribution in [-0.2, 0) is 0 Å². The van der Waals surface area contributed by atoms with Gasteiger partial charge in [0.2, 0.25) is 0 Å². The molecule has 4 unspecified atom stereocenters. The molecule has 2 saturated carbocycles. The third-order valence-corrected chi connectivity index (χ3v) is 4.99. The SMILES string of the molecule is CC(C)C1CC2CCC2CC1C(C)C. The molecule has 14 heavy (non-hydrogen) atoms. The summed E-state index contributed by atoms with van der Waals surface area (Å²) in [5.41, 5.74) is 0. The fourth-order valence-electron chi connectivity index (χ4n) is 3.84. The Morgan fingerprint density at radius 2 is 1.07 bits per heavy atom. The lowest BCUT2D eigenvalue weighted by atomic mass is 9.55. The number of hydrogen-bond acceptors (Lipinski definition) is 0. The molecule has 0 saturated heterocycles. The predicted octanol–water partition coefficient (Wildman–Crippen LogP) is 4.35. The highest BCUT2D eigenvalue weighted by atomic mass is 14.5. The van der Waals surface area contributed by atoms with Crippen molar-refractivity contribution < 1.29 is 0 Å². The molecule has 0 aromatic heterocycles. The summed E-state index contributed by atoms with van der Waals surface area (Å²) in [7, 11) is 0. The second-order valence-corrected chi connectivity index (χ2v) is 6.38. The summed E-state index contributed by atoms with van der Waals surface area (Å²) in [6.45, 7) is 9.72. The van der Waals surface area contributed by atoms with Crippen LogP contribution in [0.4, 0.5) is 0 Å². The Morgan fingerprint density at radius 1 is 0.714 bits per heavy atom. The van der Waals surface area contributed by atoms with Gasteiger partial charge in [0, 0.05) is 0 Å². The quantitative estimate of drug-likeness (QED) is 0.613. The van der Waals surface area contributed by atoms with Crippen molar-refractivity contribution in [2.45, 2.75) is 53.4 Å². The zero-order valence-corrected chi connectivity index (χ0v) is 10.3. The third kappa shape index (κ3) is 1.73. The van der Waals surface area contributed by atoms with Crippen LogP contribution in [0.3, 0.4) is 0 Å². The maximum absolute atomic E-state index is 2.43. The summed E-state index contributed by atoms with van der Waals surface area (Å²) in [6, 6.07) is 0. The Balaban J connectivity index is 2.04. The first-order chi connectivity index (χ1) is 6.59. The Morgan fingerprint density at radius 3 is 1.29 bits per heavy atom. The van der Waals surface area contributed by atoms with E-state index in [4.69, 9.17) is 0 Å². The average molecular weight is 194 g/mol. The summed E-state index contributed by atoms with van der Waals surface area (Å²) in [5.74, 6) is 6.11. The molecule has 0 amide bonds. The highest BCUT2D eigenvalue weighted by Crippen LogP contribution is 2.52. The van der Waals surface area contributed by atoms with Gasteiger partial charge < -0.3 is 0 Å². The number of hydrogen-bond donors (Lipinski definition) is 0. The molecule has 0 nitrogen and oxygen atoms in total. The molecule has 0 spiro atoms. The first-order valence-corrected chi connectivity index (χ1v) is 6.59. The molecule has 0 N–H and O–H groups in total. The molecule has 2 rings (SSSR count). The van der Waals surface area contributed by atoms with Crippen LogP contribution in [0.1, 0.15) is 53.4 Å². The van der Waals surface area contributed by atoms with Crippen molar-refractivity contribution in [1.29, 1.82) is 0 Å². The summed E-state index contributed by atoms with van der Waals surface area (Å²) in [6.07, 6.45) is 6.17. The molecule has 2 fully saturated rings. The van der Waals surface area contributed by atoms with Crippen LogP contribution in [0.15, 0.2) is 0 Å². The summed E-state index contributed by atoms with van der Waals surface area (Å²) >= 11 is 0. The average Bonchev–Trinajstić information content (AvgIpc) is 2.05. The van der Waals surface area contributed by atoms with Crippen LogP contribution >= 0.6 is 0 Å². The Labute approximate surface area is 89.5 Å². The van der Waals surface area contributed by atoms with Crippen LogP contribution < -0.4 is 0 Å². The van der Waals surface area contributed by atoms with Crippen molar-refractivity contribution in [2.24, 2.45) is 35.5 Å². The second-order valence-electron chi connectivity index (χ2n) is 6.38. The van der Waals surface area contributed by atoms with Gasteiger partial charge >= 0.3 is 0 Å². The molecule has 0 bridgehead atoms. The van der Waals surface area contributed by atoms with Crippen molar-refractivity contribution in [3.8, 4) is 0 Å². The number of fused-ring (bicyclic) bond motifs is 1. The third-order valence-electron chi connectivity index (χ3n) is 4.99. The zero-order valence-electron chi connectivity index (χ0n) is 10.3. The minimum absolute atomic E-state index is 0.906. The number of rotatable bonds is 2. The van der Waals surface area contributed by atoms with E-state index in [1.54, 1.807) is 25.7 Å². The van der Waals surface area contributed by atoms with Crippen LogP contribution in [0, 0.1) is 35.5 Å². The summed E-state index contributed by atoms with van der Waals surface area (Å²) in [4.78, 5) is 0. The van der Waals surface area contributed by atoms with Gasteiger partial charge in [-0.15, -0.1) is 0 Å². The van der Waals surface area contributed by atoms with Gasteiger partial charge in [0.25, 0.3) is 0 Å². The van der Waals surface area contributed by atoms with E-state index < -0.39 is 0 Å². The second kappa shape index (κ2) is 3.87. The first kappa shape index (κ1) is 10.5. The maximum atomic E-state index is 2.43. The van der Waals surface area contributed by atoms with E-state index in [0.29, 0.717) is 0 Å². The van der Waals surface area contributed by atoms with Gasteiger partial charge in [-0.25, -0.2) is 0 Å². The fraction of sp³-hybridized carbons (Fsp3) is 1.00. The molecular formula is C14H26. The monoisotopic (exact) mass is 194 g/mol. The summed E-state index contributed by atoms with van der Waals surface area (Å²) < 4.78 is 0. The Bertz CT molecular complexity index is 170. The van der Waals surface area contributed by atoms with E-state index >= 15 is 0 Å². The molecular weight excluding hydrogens is 168 g/mol. The van der Waals surface area contributed by atoms with E-state index in [-0.39, 0.29) is 0 Å². The molecule has 2 aliphatic carbocycles. The van der Waals surface area contributed by atoms with Crippen LogP contribution in [0.25, 0.3) is 0 Å². The molecule has 4 atom stereocenters. The highest BCUT2D eigenvalue weighted by molar-refractivity contribution is 4.93. The molecule has 82 valence electrons. The first-order valence-electron chi connectivity index (χ1n) is 6.59. The van der Waals surface area contributed by atoms with Gasteiger partial charge in [0.1, 0.15) is 0 Å². The smallest absolute Gasteiger partial charge is 0.0357 e. The minimum Gasteiger partial charge on any atom is -0.0625 e. The normalized spacial score (nSPS) is 42.4. The van der Waals surface area contributed by atoms with Gasteiger partial charge in [-0.1, -0.05) is 27.7 Å². The van der Waals surface area contributed by atoms with E-state index in [1.807, 2.05) is 0 Å². The molecule has 0 aliphatic heterocycles. The van der Waals surface area contributed by atoms with E-state index in [9.17, 15) is 0 Å². The van der Waals surface area contributed by atoms with E-state index in [2.05, 4.69) is 27.7 Å². The summed E-state index contributed by atoms with van der Waals surface area (Å²) in [5, 5.41) is 0. The van der Waals surface area contributed by atoms with Crippen molar-refractivity contribution in [1.82, 2.24) is 0 Å². The van der Waals surface area contributed by atoms with Gasteiger partial charge in [-0.05, 0) is 61.2 Å². The van der Waals surface area contributed by atoms with Crippen LogP contribution in [0.2, 0.25) is 0 Å². The molecule has 0 heterocycles. The van der Waals surface area contributed by atoms with Crippen molar-refractivity contribution in [2.75, 3.05) is 0 Å². The highest BCUT2D eigenvalue weighted by Gasteiger charge is 2.43. The van der Waals surface area contributed by atoms with Crippen molar-refractivity contribution >= 4 is 0 Å². The molecule has 0 heteroatoms. The van der Waals surface area contributed by atoms with Gasteiger partial charge in [-0.3, -0.25) is 0 Å². The fourth-order valence-corrected chi connectivity index (χ4v) is 3.84. The van der Waals surface area contributed by atoms with Crippen LogP contribution in [-0.4, -0.2) is 0 Å². The van der Waals surface area contributed by atoms with Crippen LogP contribution in [0.5, 0.6) is 0 Å². The Kier molecular flexibility index (Phi) is 2.91. The molecule has 2 aliphatic rings. The predicted molar refractivity (Wildman–Crippen MR) is 62.1 cm³/mol. The standard InChI is InChI=1S/C14H26/c1-9(2)13-7-11-5-6-12(11)8-14(13)10(3)4/h9-14H,5-8H2,1-4H3. The lowest BCUT2D eigenvalue weighted by Gasteiger charge is -2.50. The maximum Gasteiger partial charge on any atom is -0.0357 e. The lowest BCUT2D eigenvalue weighted by molar-refractivity contribution is -0.00168. The largest absolute Gasteiger partial charge is 0.0625 e. The van der Waals surface area contributed by atoms with Gasteiger partial charge in [-0.2, -0.15) is 0 Å². The minimum atomic E-state index is 0.906. The van der Waals surface area contributed by atoms with Crippen molar-refractivity contribution in [3.63, 3.8) is 0 Å². The van der Waals surface area contributed by atoms with Gasteiger partial charge in [0.15, 0.2) is 0 Å². The van der Waals surface area contributed by atoms with Crippen molar-refractivity contribution in [3.05, 3.63) is 0 Å². The van der Waals surface area contributed by atoms with E-state index in [0.717, 1.165) is 35.5 Å². The molecule has 0 aromatic carbocycles. The topological polar surface area (TPSA) is 0 Å².